The summed E-state index contributed by atoms with van der Waals surface area (Å²) in [5, 5.41) is 2.05. The van der Waals surface area contributed by atoms with Crippen molar-refractivity contribution in [3.05, 3.63) is 58.3 Å². The Bertz CT molecular complexity index is 1390. The maximum atomic E-state index is 6.02. The van der Waals surface area contributed by atoms with Crippen LogP contribution < -0.4 is 0 Å². The second-order valence-corrected chi connectivity index (χ2v) is 9.35. The molecule has 0 atom stereocenters. The number of hydrogen-bond acceptors (Lipinski definition) is 6. The lowest BCUT2D eigenvalue weighted by Crippen LogP contribution is -1.79. The van der Waals surface area contributed by atoms with Crippen LogP contribution in [0.3, 0.4) is 0 Å². The first-order valence-corrected chi connectivity index (χ1v) is 10.6. The molecule has 0 spiro atoms. The lowest BCUT2D eigenvalue weighted by molar-refractivity contribution is 0.621. The average molecular weight is 403 g/mol. The molecule has 2 aromatic carbocycles. The first kappa shape index (κ1) is 16.0. The molecule has 0 unspecified atom stereocenters. The van der Waals surface area contributed by atoms with Gasteiger partial charge in [-0.1, -0.05) is 0 Å². The smallest absolute Gasteiger partial charge is 0.237 e. The van der Waals surface area contributed by atoms with Crippen LogP contribution in [0, 0.1) is 13.8 Å². The van der Waals surface area contributed by atoms with Crippen LogP contribution in [0.5, 0.6) is 0 Å². The molecule has 6 aromatic rings. The Labute approximate surface area is 168 Å². The molecular formula is C22H14N2O2S2. The molecule has 0 saturated carbocycles. The number of nitrogens with zero attached hydrogens (tertiary/aromatic N) is 2. The van der Waals surface area contributed by atoms with Crippen LogP contribution in [0.15, 0.2) is 57.4 Å². The highest BCUT2D eigenvalue weighted by Gasteiger charge is 2.17. The van der Waals surface area contributed by atoms with Crippen molar-refractivity contribution in [3.63, 3.8) is 0 Å². The van der Waals surface area contributed by atoms with Crippen molar-refractivity contribution in [3.8, 4) is 21.5 Å². The lowest BCUT2D eigenvalue weighted by Gasteiger charge is -1.97. The third-order valence-corrected chi connectivity index (χ3v) is 6.79. The Hall–Kier alpha value is -2.96. The van der Waals surface area contributed by atoms with Crippen molar-refractivity contribution in [2.75, 3.05) is 0 Å². The molecule has 6 rings (SSSR count). The third kappa shape index (κ3) is 2.35. The molecule has 6 heteroatoms. The van der Waals surface area contributed by atoms with E-state index in [1.54, 1.807) is 22.7 Å². The van der Waals surface area contributed by atoms with Gasteiger partial charge in [-0.3, -0.25) is 0 Å². The molecule has 0 aliphatic rings. The number of thiophene rings is 2. The van der Waals surface area contributed by atoms with Gasteiger partial charge in [-0.2, -0.15) is 0 Å². The van der Waals surface area contributed by atoms with Crippen LogP contribution in [0.1, 0.15) is 9.75 Å². The van der Waals surface area contributed by atoms with Crippen LogP contribution >= 0.6 is 22.7 Å². The Balaban J connectivity index is 1.58. The van der Waals surface area contributed by atoms with Gasteiger partial charge in [0.2, 0.25) is 11.8 Å². The van der Waals surface area contributed by atoms with Crippen LogP contribution in [0.25, 0.3) is 54.5 Å². The molecule has 0 amide bonds. The Morgan fingerprint density at radius 1 is 0.607 bits per heavy atom. The topological polar surface area (TPSA) is 52.1 Å². The summed E-state index contributed by atoms with van der Waals surface area (Å²) in [5.74, 6) is 1.33. The van der Waals surface area contributed by atoms with Crippen LogP contribution in [0.2, 0.25) is 0 Å². The molecule has 0 aliphatic heterocycles. The van der Waals surface area contributed by atoms with Gasteiger partial charge >= 0.3 is 0 Å². The zero-order chi connectivity index (χ0) is 18.8. The van der Waals surface area contributed by atoms with E-state index in [1.165, 1.54) is 9.75 Å². The fraction of sp³-hybridized carbons (Fsp3) is 0.0909. The molecule has 136 valence electrons. The standard InChI is InChI=1S/C22H14N2O2S2/c1-11-3-9-17(27-11)21-23-19-13-6-8-16-20(14(13)5-7-15(19)25-21)24-22(26-16)18-10-4-12(2)28-18/h3-10H,1-2H3. The molecule has 4 nitrogen and oxygen atoms in total. The fourth-order valence-corrected chi connectivity index (χ4v) is 5.08. The van der Waals surface area contributed by atoms with Crippen molar-refractivity contribution in [1.29, 1.82) is 0 Å². The minimum Gasteiger partial charge on any atom is -0.435 e. The van der Waals surface area contributed by atoms with Gasteiger partial charge in [0, 0.05) is 20.5 Å². The van der Waals surface area contributed by atoms with E-state index in [-0.39, 0.29) is 0 Å². The van der Waals surface area contributed by atoms with Gasteiger partial charge in [0.25, 0.3) is 0 Å². The van der Waals surface area contributed by atoms with E-state index in [4.69, 9.17) is 18.8 Å². The molecule has 4 aromatic heterocycles. The maximum absolute atomic E-state index is 6.02. The van der Waals surface area contributed by atoms with E-state index in [1.807, 2.05) is 24.3 Å². The molecule has 0 saturated heterocycles. The lowest BCUT2D eigenvalue weighted by atomic mass is 10.1. The minimum absolute atomic E-state index is 0.663. The van der Waals surface area contributed by atoms with E-state index in [2.05, 4.69) is 38.1 Å². The molecule has 0 fully saturated rings. The molecule has 4 heterocycles. The SMILES string of the molecule is Cc1ccc(-c2nc3c(ccc4c3ccc3oc(-c5ccc(C)s5)nc34)o2)s1. The van der Waals surface area contributed by atoms with E-state index in [0.29, 0.717) is 11.8 Å². The van der Waals surface area contributed by atoms with E-state index in [0.717, 1.165) is 42.7 Å². The number of hydrogen-bond donors (Lipinski definition) is 0. The van der Waals surface area contributed by atoms with Gasteiger partial charge in [0.15, 0.2) is 11.2 Å². The average Bonchev–Trinajstić information content (AvgIpc) is 3.45. The highest BCUT2D eigenvalue weighted by Crippen LogP contribution is 2.37. The highest BCUT2D eigenvalue weighted by atomic mass is 32.1. The monoisotopic (exact) mass is 402 g/mol. The van der Waals surface area contributed by atoms with Gasteiger partial charge in [-0.05, 0) is 62.4 Å². The second kappa shape index (κ2) is 5.77. The quantitative estimate of drug-likeness (QED) is 0.307. The van der Waals surface area contributed by atoms with Gasteiger partial charge in [0.1, 0.15) is 11.0 Å². The van der Waals surface area contributed by atoms with Crippen molar-refractivity contribution in [2.45, 2.75) is 13.8 Å². The summed E-state index contributed by atoms with van der Waals surface area (Å²) in [7, 11) is 0. The van der Waals surface area contributed by atoms with Gasteiger partial charge < -0.3 is 8.83 Å². The Morgan fingerprint density at radius 3 is 1.46 bits per heavy atom. The summed E-state index contributed by atoms with van der Waals surface area (Å²) >= 11 is 3.37. The first-order chi connectivity index (χ1) is 13.7. The molecular weight excluding hydrogens is 388 g/mol. The largest absolute Gasteiger partial charge is 0.435 e. The molecule has 0 bridgehead atoms. The Morgan fingerprint density at radius 2 is 1.07 bits per heavy atom. The Kier molecular flexibility index (Phi) is 3.30. The predicted molar refractivity (Wildman–Crippen MR) is 115 cm³/mol. The van der Waals surface area contributed by atoms with E-state index >= 15 is 0 Å². The summed E-state index contributed by atoms with van der Waals surface area (Å²) < 4.78 is 12.0. The second-order valence-electron chi connectivity index (χ2n) is 6.78. The zero-order valence-electron chi connectivity index (χ0n) is 15.1. The highest BCUT2D eigenvalue weighted by molar-refractivity contribution is 7.15. The summed E-state index contributed by atoms with van der Waals surface area (Å²) in [5.41, 5.74) is 3.28. The number of fused-ring (bicyclic) bond motifs is 5. The number of aromatic nitrogens is 2. The maximum Gasteiger partial charge on any atom is 0.237 e. The van der Waals surface area contributed by atoms with Crippen molar-refractivity contribution >= 4 is 55.6 Å². The van der Waals surface area contributed by atoms with Gasteiger partial charge in [0.05, 0.1) is 9.75 Å². The number of rotatable bonds is 2. The summed E-state index contributed by atoms with van der Waals surface area (Å²) in [6.07, 6.45) is 0. The minimum atomic E-state index is 0.663. The zero-order valence-corrected chi connectivity index (χ0v) is 16.8. The fourth-order valence-electron chi connectivity index (χ4n) is 3.50. The third-order valence-electron chi connectivity index (χ3n) is 4.81. The molecule has 0 N–H and O–H groups in total. The van der Waals surface area contributed by atoms with Gasteiger partial charge in [-0.25, -0.2) is 9.97 Å². The molecule has 28 heavy (non-hydrogen) atoms. The first-order valence-electron chi connectivity index (χ1n) is 8.92. The summed E-state index contributed by atoms with van der Waals surface area (Å²) in [4.78, 5) is 14.1. The normalized spacial score (nSPS) is 11.9. The van der Waals surface area contributed by atoms with Crippen LogP contribution in [-0.2, 0) is 0 Å². The van der Waals surface area contributed by atoms with E-state index < -0.39 is 0 Å². The summed E-state index contributed by atoms with van der Waals surface area (Å²) in [6.45, 7) is 4.17. The molecule has 0 radical (unpaired) electrons. The van der Waals surface area contributed by atoms with Crippen LogP contribution in [0.4, 0.5) is 0 Å². The van der Waals surface area contributed by atoms with Crippen molar-refractivity contribution < 1.29 is 8.83 Å². The van der Waals surface area contributed by atoms with Crippen molar-refractivity contribution in [2.24, 2.45) is 0 Å². The number of aryl methyl sites for hydroxylation is 2. The molecule has 0 aliphatic carbocycles. The van der Waals surface area contributed by atoms with Crippen LogP contribution in [-0.4, -0.2) is 9.97 Å². The predicted octanol–water partition coefficient (Wildman–Crippen LogP) is 7.20. The van der Waals surface area contributed by atoms with E-state index in [9.17, 15) is 0 Å². The van der Waals surface area contributed by atoms with Crippen molar-refractivity contribution in [1.82, 2.24) is 9.97 Å². The number of benzene rings is 2. The summed E-state index contributed by atoms with van der Waals surface area (Å²) in [6, 6.07) is 16.3. The number of oxazole rings is 2. The van der Waals surface area contributed by atoms with Gasteiger partial charge in [-0.15, -0.1) is 22.7 Å².